The van der Waals surface area contributed by atoms with Gasteiger partial charge in [0, 0.05) is 6.07 Å². The number of nitrogens with zero attached hydrogens (tertiary/aromatic N) is 5. The molecule has 23 heavy (non-hydrogen) atoms. The highest BCUT2D eigenvalue weighted by Crippen LogP contribution is 2.24. The first-order chi connectivity index (χ1) is 10.8. The van der Waals surface area contributed by atoms with Gasteiger partial charge < -0.3 is 5.32 Å². The molecule has 0 unspecified atom stereocenters. The molecule has 9 nitrogen and oxygen atoms in total. The summed E-state index contributed by atoms with van der Waals surface area (Å²) in [5.74, 6) is -0.324. The van der Waals surface area contributed by atoms with E-state index in [4.69, 9.17) is 0 Å². The van der Waals surface area contributed by atoms with Crippen LogP contribution >= 0.6 is 11.8 Å². The highest BCUT2D eigenvalue weighted by atomic mass is 32.2. The Morgan fingerprint density at radius 3 is 2.74 bits per heavy atom. The third kappa shape index (κ3) is 4.25. The fraction of sp³-hybridized carbons (Fsp3) is 0.385. The first kappa shape index (κ1) is 16.9. The zero-order valence-electron chi connectivity index (χ0n) is 12.9. The summed E-state index contributed by atoms with van der Waals surface area (Å²) in [5, 5.41) is 25.4. The van der Waals surface area contributed by atoms with Gasteiger partial charge in [-0.2, -0.15) is 0 Å². The minimum atomic E-state index is -0.539. The van der Waals surface area contributed by atoms with Crippen molar-refractivity contribution in [1.29, 1.82) is 0 Å². The summed E-state index contributed by atoms with van der Waals surface area (Å²) in [5.41, 5.74) is -0.288. The van der Waals surface area contributed by atoms with Crippen molar-refractivity contribution in [2.45, 2.75) is 31.5 Å². The maximum atomic E-state index is 12.0. The molecule has 0 spiro atoms. The van der Waals surface area contributed by atoms with Crippen LogP contribution in [-0.2, 0) is 10.3 Å². The number of nitrogens with one attached hydrogen (secondary N) is 1. The molecule has 0 aliphatic carbocycles. The summed E-state index contributed by atoms with van der Waals surface area (Å²) in [6, 6.07) is 5.98. The molecule has 1 N–H and O–H groups in total. The van der Waals surface area contributed by atoms with Crippen LogP contribution in [-0.4, -0.2) is 36.8 Å². The van der Waals surface area contributed by atoms with E-state index in [0.717, 1.165) is 0 Å². The molecule has 1 aromatic carbocycles. The summed E-state index contributed by atoms with van der Waals surface area (Å²) in [6.07, 6.45) is 0. The lowest BCUT2D eigenvalue weighted by atomic mass is 10.1. The molecule has 2 rings (SSSR count). The quantitative estimate of drug-likeness (QED) is 0.504. The fourth-order valence-corrected chi connectivity index (χ4v) is 2.60. The largest absolute Gasteiger partial charge is 0.320 e. The Kier molecular flexibility index (Phi) is 4.94. The van der Waals surface area contributed by atoms with Gasteiger partial charge >= 0.3 is 0 Å². The van der Waals surface area contributed by atoms with Crippen molar-refractivity contribution in [3.8, 4) is 0 Å². The number of anilines is 1. The van der Waals surface area contributed by atoms with Crippen LogP contribution in [0.2, 0.25) is 0 Å². The molecule has 122 valence electrons. The molecule has 1 amide bonds. The van der Waals surface area contributed by atoms with Crippen LogP contribution in [0.15, 0.2) is 29.4 Å². The van der Waals surface area contributed by atoms with Crippen LogP contribution in [0.3, 0.4) is 0 Å². The van der Waals surface area contributed by atoms with E-state index < -0.39 is 4.92 Å². The third-order valence-corrected chi connectivity index (χ3v) is 3.70. The summed E-state index contributed by atoms with van der Waals surface area (Å²) < 4.78 is 1.62. The van der Waals surface area contributed by atoms with E-state index in [1.807, 2.05) is 20.8 Å². The SMILES string of the molecule is CC(C)(C)n1nnnc1SCC(=O)Nc1ccccc1[N+](=O)[O-]. The molecule has 2 aromatic rings. The molecule has 0 aliphatic heterocycles. The van der Waals surface area contributed by atoms with E-state index in [0.29, 0.717) is 5.16 Å². The second-order valence-corrected chi connectivity index (χ2v) is 6.60. The van der Waals surface area contributed by atoms with Gasteiger partial charge in [0.05, 0.1) is 16.2 Å². The minimum absolute atomic E-state index is 0.0441. The number of nitro groups is 1. The number of carbonyl (C=O) groups excluding carboxylic acids is 1. The molecular formula is C13H16N6O3S. The van der Waals surface area contributed by atoms with Crippen LogP contribution in [0.25, 0.3) is 0 Å². The summed E-state index contributed by atoms with van der Waals surface area (Å²) in [6.45, 7) is 5.84. The maximum absolute atomic E-state index is 12.0. The molecule has 0 saturated heterocycles. The van der Waals surface area contributed by atoms with Crippen molar-refractivity contribution in [2.24, 2.45) is 0 Å². The smallest absolute Gasteiger partial charge is 0.292 e. The van der Waals surface area contributed by atoms with Crippen LogP contribution in [0.4, 0.5) is 11.4 Å². The number of benzene rings is 1. The lowest BCUT2D eigenvalue weighted by Crippen LogP contribution is -2.24. The number of carbonyl (C=O) groups is 1. The number of aromatic nitrogens is 4. The average molecular weight is 336 g/mol. The van der Waals surface area contributed by atoms with Crippen LogP contribution in [0.5, 0.6) is 0 Å². The lowest BCUT2D eigenvalue weighted by molar-refractivity contribution is -0.383. The van der Waals surface area contributed by atoms with E-state index in [1.165, 1.54) is 23.9 Å². The Hall–Kier alpha value is -2.49. The van der Waals surface area contributed by atoms with Crippen molar-refractivity contribution in [3.05, 3.63) is 34.4 Å². The Bertz CT molecular complexity index is 724. The summed E-state index contributed by atoms with van der Waals surface area (Å²) in [7, 11) is 0. The summed E-state index contributed by atoms with van der Waals surface area (Å²) in [4.78, 5) is 22.4. The Morgan fingerprint density at radius 1 is 1.39 bits per heavy atom. The van der Waals surface area contributed by atoms with Gasteiger partial charge in [0.2, 0.25) is 11.1 Å². The van der Waals surface area contributed by atoms with Gasteiger partial charge in [-0.15, -0.1) is 5.10 Å². The van der Waals surface area contributed by atoms with Gasteiger partial charge in [0.15, 0.2) is 0 Å². The average Bonchev–Trinajstić information content (AvgIpc) is 2.94. The first-order valence-corrected chi connectivity index (χ1v) is 7.72. The second-order valence-electron chi connectivity index (χ2n) is 5.66. The van der Waals surface area contributed by atoms with Crippen LogP contribution in [0, 0.1) is 10.1 Å². The van der Waals surface area contributed by atoms with Gasteiger partial charge in [-0.1, -0.05) is 23.9 Å². The zero-order valence-corrected chi connectivity index (χ0v) is 13.7. The molecule has 0 bridgehead atoms. The number of hydrogen-bond donors (Lipinski definition) is 1. The number of rotatable bonds is 5. The van der Waals surface area contributed by atoms with Crippen molar-refractivity contribution in [2.75, 3.05) is 11.1 Å². The van der Waals surface area contributed by atoms with E-state index in [-0.39, 0.29) is 28.6 Å². The van der Waals surface area contributed by atoms with Gasteiger partial charge in [-0.05, 0) is 37.3 Å². The number of amides is 1. The van der Waals surface area contributed by atoms with Crippen molar-refractivity contribution >= 4 is 29.0 Å². The highest BCUT2D eigenvalue weighted by molar-refractivity contribution is 7.99. The Balaban J connectivity index is 2.02. The first-order valence-electron chi connectivity index (χ1n) is 6.74. The number of para-hydroxylation sites is 2. The molecule has 0 saturated carbocycles. The van der Waals surface area contributed by atoms with Crippen LogP contribution < -0.4 is 5.32 Å². The molecule has 10 heteroatoms. The Morgan fingerprint density at radius 2 is 2.09 bits per heavy atom. The van der Waals surface area contributed by atoms with E-state index >= 15 is 0 Å². The standard InChI is InChI=1S/C13H16N6O3S/c1-13(2,3)18-12(15-16-17-18)23-8-11(20)14-9-6-4-5-7-10(9)19(21)22/h4-7H,8H2,1-3H3,(H,14,20). The van der Waals surface area contributed by atoms with E-state index in [9.17, 15) is 14.9 Å². The third-order valence-electron chi connectivity index (χ3n) is 2.78. The number of tetrazole rings is 1. The molecule has 0 atom stereocenters. The molecule has 1 aromatic heterocycles. The summed E-state index contributed by atoms with van der Waals surface area (Å²) >= 11 is 1.17. The normalized spacial score (nSPS) is 11.3. The molecule has 1 heterocycles. The molecule has 0 aliphatic rings. The lowest BCUT2D eigenvalue weighted by Gasteiger charge is -2.19. The van der Waals surface area contributed by atoms with Gasteiger partial charge in [0.1, 0.15) is 5.69 Å². The highest BCUT2D eigenvalue weighted by Gasteiger charge is 2.21. The van der Waals surface area contributed by atoms with Crippen LogP contribution in [0.1, 0.15) is 20.8 Å². The predicted octanol–water partition coefficient (Wildman–Crippen LogP) is 2.07. The van der Waals surface area contributed by atoms with E-state index in [2.05, 4.69) is 20.8 Å². The van der Waals surface area contributed by atoms with Crippen molar-refractivity contribution < 1.29 is 9.72 Å². The molecule has 0 radical (unpaired) electrons. The van der Waals surface area contributed by atoms with Crippen molar-refractivity contribution in [3.63, 3.8) is 0 Å². The van der Waals surface area contributed by atoms with Gasteiger partial charge in [0.25, 0.3) is 5.69 Å². The number of nitro benzene ring substituents is 1. The maximum Gasteiger partial charge on any atom is 0.292 e. The zero-order chi connectivity index (χ0) is 17.0. The fourth-order valence-electron chi connectivity index (χ4n) is 1.74. The predicted molar refractivity (Wildman–Crippen MR) is 85.3 cm³/mol. The Labute approximate surface area is 136 Å². The molecule has 0 fully saturated rings. The number of hydrogen-bond acceptors (Lipinski definition) is 7. The minimum Gasteiger partial charge on any atom is -0.320 e. The topological polar surface area (TPSA) is 116 Å². The monoisotopic (exact) mass is 336 g/mol. The molecular weight excluding hydrogens is 320 g/mol. The van der Waals surface area contributed by atoms with Gasteiger partial charge in [-0.25, -0.2) is 4.68 Å². The second kappa shape index (κ2) is 6.73. The van der Waals surface area contributed by atoms with E-state index in [1.54, 1.807) is 16.8 Å². The number of thioether (sulfide) groups is 1. The van der Waals surface area contributed by atoms with Gasteiger partial charge in [-0.3, -0.25) is 14.9 Å². The van der Waals surface area contributed by atoms with Crippen molar-refractivity contribution in [1.82, 2.24) is 20.2 Å².